The summed E-state index contributed by atoms with van der Waals surface area (Å²) in [6, 6.07) is 6.41. The standard InChI is InChI=1S/C12H18FNO/c1-2-7-15-9-12(14)8-10-3-5-11(13)6-4-10/h3-6,12H,2,7-9,14H2,1H3. The van der Waals surface area contributed by atoms with Gasteiger partial charge >= 0.3 is 0 Å². The molecule has 0 radical (unpaired) electrons. The van der Waals surface area contributed by atoms with Crippen LogP contribution in [-0.4, -0.2) is 19.3 Å². The van der Waals surface area contributed by atoms with E-state index in [-0.39, 0.29) is 11.9 Å². The van der Waals surface area contributed by atoms with Gasteiger partial charge in [-0.2, -0.15) is 0 Å². The van der Waals surface area contributed by atoms with Crippen molar-refractivity contribution in [3.05, 3.63) is 35.6 Å². The maximum Gasteiger partial charge on any atom is 0.123 e. The van der Waals surface area contributed by atoms with Crippen molar-refractivity contribution < 1.29 is 9.13 Å². The Morgan fingerprint density at radius 2 is 2.00 bits per heavy atom. The van der Waals surface area contributed by atoms with Gasteiger partial charge in [0.05, 0.1) is 6.61 Å². The van der Waals surface area contributed by atoms with Crippen molar-refractivity contribution in [3.8, 4) is 0 Å². The van der Waals surface area contributed by atoms with Gasteiger partial charge in [0.2, 0.25) is 0 Å². The minimum Gasteiger partial charge on any atom is -0.380 e. The monoisotopic (exact) mass is 211 g/mol. The molecular weight excluding hydrogens is 193 g/mol. The lowest BCUT2D eigenvalue weighted by molar-refractivity contribution is 0.121. The third-order valence-corrected chi connectivity index (χ3v) is 2.09. The Kier molecular flexibility index (Phi) is 5.29. The Morgan fingerprint density at radius 1 is 1.33 bits per heavy atom. The fourth-order valence-electron chi connectivity index (χ4n) is 1.36. The molecule has 0 aliphatic heterocycles. The SMILES string of the molecule is CCCOCC(N)Cc1ccc(F)cc1. The van der Waals surface area contributed by atoms with Gasteiger partial charge < -0.3 is 10.5 Å². The lowest BCUT2D eigenvalue weighted by Crippen LogP contribution is -2.28. The van der Waals surface area contributed by atoms with Gasteiger partial charge in [-0.3, -0.25) is 0 Å². The maximum atomic E-state index is 12.6. The number of hydrogen-bond acceptors (Lipinski definition) is 2. The van der Waals surface area contributed by atoms with Gasteiger partial charge in [0.25, 0.3) is 0 Å². The molecule has 0 heterocycles. The summed E-state index contributed by atoms with van der Waals surface area (Å²) in [6.45, 7) is 3.37. The Hall–Kier alpha value is -0.930. The first-order chi connectivity index (χ1) is 7.22. The normalized spacial score (nSPS) is 12.7. The van der Waals surface area contributed by atoms with E-state index in [1.165, 1.54) is 12.1 Å². The first-order valence-corrected chi connectivity index (χ1v) is 5.30. The van der Waals surface area contributed by atoms with Gasteiger partial charge in [0.1, 0.15) is 5.82 Å². The van der Waals surface area contributed by atoms with E-state index in [0.717, 1.165) is 25.0 Å². The Morgan fingerprint density at radius 3 is 2.60 bits per heavy atom. The van der Waals surface area contributed by atoms with Gasteiger partial charge in [-0.1, -0.05) is 19.1 Å². The summed E-state index contributed by atoms with van der Waals surface area (Å²) in [5, 5.41) is 0. The van der Waals surface area contributed by atoms with E-state index in [2.05, 4.69) is 6.92 Å². The topological polar surface area (TPSA) is 35.2 Å². The van der Waals surface area contributed by atoms with E-state index in [1.807, 2.05) is 0 Å². The number of ether oxygens (including phenoxy) is 1. The van der Waals surface area contributed by atoms with Crippen LogP contribution in [-0.2, 0) is 11.2 Å². The fourth-order valence-corrected chi connectivity index (χ4v) is 1.36. The summed E-state index contributed by atoms with van der Waals surface area (Å²) in [4.78, 5) is 0. The quantitative estimate of drug-likeness (QED) is 0.731. The van der Waals surface area contributed by atoms with E-state index in [9.17, 15) is 4.39 Å². The van der Waals surface area contributed by atoms with Crippen LogP contribution in [0.1, 0.15) is 18.9 Å². The number of nitrogens with two attached hydrogens (primary N) is 1. The molecule has 0 saturated heterocycles. The third-order valence-electron chi connectivity index (χ3n) is 2.09. The van der Waals surface area contributed by atoms with Crippen molar-refractivity contribution in [2.24, 2.45) is 5.73 Å². The van der Waals surface area contributed by atoms with Crippen LogP contribution in [0.15, 0.2) is 24.3 Å². The lowest BCUT2D eigenvalue weighted by atomic mass is 10.1. The number of rotatable bonds is 6. The summed E-state index contributed by atoms with van der Waals surface area (Å²) in [5.41, 5.74) is 6.91. The second-order valence-electron chi connectivity index (χ2n) is 3.67. The molecule has 1 atom stereocenters. The molecule has 84 valence electrons. The zero-order valence-electron chi connectivity index (χ0n) is 9.08. The van der Waals surface area contributed by atoms with Crippen LogP contribution >= 0.6 is 0 Å². The number of halogens is 1. The van der Waals surface area contributed by atoms with Crippen molar-refractivity contribution in [2.45, 2.75) is 25.8 Å². The van der Waals surface area contributed by atoms with Crippen molar-refractivity contribution in [3.63, 3.8) is 0 Å². The van der Waals surface area contributed by atoms with Crippen LogP contribution < -0.4 is 5.73 Å². The minimum absolute atomic E-state index is 0.0120. The van der Waals surface area contributed by atoms with Crippen LogP contribution in [0.25, 0.3) is 0 Å². The van der Waals surface area contributed by atoms with E-state index in [4.69, 9.17) is 10.5 Å². The molecule has 2 nitrogen and oxygen atoms in total. The average molecular weight is 211 g/mol. The summed E-state index contributed by atoms with van der Waals surface area (Å²) in [6.07, 6.45) is 1.73. The van der Waals surface area contributed by atoms with Crippen LogP contribution in [0.3, 0.4) is 0 Å². The van der Waals surface area contributed by atoms with Crippen molar-refractivity contribution in [1.82, 2.24) is 0 Å². The van der Waals surface area contributed by atoms with Crippen LogP contribution in [0.2, 0.25) is 0 Å². The lowest BCUT2D eigenvalue weighted by Gasteiger charge is -2.11. The molecule has 0 aliphatic carbocycles. The molecule has 1 rings (SSSR count). The summed E-state index contributed by atoms with van der Waals surface area (Å²) < 4.78 is 18.0. The minimum atomic E-state index is -0.213. The first-order valence-electron chi connectivity index (χ1n) is 5.30. The van der Waals surface area contributed by atoms with Crippen LogP contribution in [0, 0.1) is 5.82 Å². The highest BCUT2D eigenvalue weighted by Crippen LogP contribution is 2.05. The Labute approximate surface area is 90.2 Å². The zero-order chi connectivity index (χ0) is 11.1. The second-order valence-corrected chi connectivity index (χ2v) is 3.67. The highest BCUT2D eigenvalue weighted by atomic mass is 19.1. The molecule has 2 N–H and O–H groups in total. The number of benzene rings is 1. The van der Waals surface area contributed by atoms with Gasteiger partial charge in [0.15, 0.2) is 0 Å². The van der Waals surface area contributed by atoms with Gasteiger partial charge in [-0.15, -0.1) is 0 Å². The molecule has 0 aliphatic rings. The van der Waals surface area contributed by atoms with Gasteiger partial charge in [0, 0.05) is 12.6 Å². The summed E-state index contributed by atoms with van der Waals surface area (Å²) >= 11 is 0. The Balaban J connectivity index is 2.31. The highest BCUT2D eigenvalue weighted by Gasteiger charge is 2.04. The molecule has 0 saturated carbocycles. The molecular formula is C12H18FNO. The molecule has 3 heteroatoms. The van der Waals surface area contributed by atoms with E-state index >= 15 is 0 Å². The predicted octanol–water partition coefficient (Wildman–Crippen LogP) is 2.12. The van der Waals surface area contributed by atoms with Crippen LogP contribution in [0.4, 0.5) is 4.39 Å². The second kappa shape index (κ2) is 6.53. The highest BCUT2D eigenvalue weighted by molar-refractivity contribution is 5.17. The van der Waals surface area contributed by atoms with E-state index in [1.54, 1.807) is 12.1 Å². The first kappa shape index (κ1) is 12.1. The van der Waals surface area contributed by atoms with E-state index < -0.39 is 0 Å². The molecule has 15 heavy (non-hydrogen) atoms. The third kappa shape index (κ3) is 4.91. The smallest absolute Gasteiger partial charge is 0.123 e. The molecule has 0 bridgehead atoms. The average Bonchev–Trinajstić information content (AvgIpc) is 2.22. The summed E-state index contributed by atoms with van der Waals surface area (Å²) in [7, 11) is 0. The molecule has 1 unspecified atom stereocenters. The maximum absolute atomic E-state index is 12.6. The molecule has 0 spiro atoms. The largest absolute Gasteiger partial charge is 0.380 e. The summed E-state index contributed by atoms with van der Waals surface area (Å²) in [5.74, 6) is -0.213. The molecule has 1 aromatic carbocycles. The van der Waals surface area contributed by atoms with E-state index in [0.29, 0.717) is 6.61 Å². The zero-order valence-corrected chi connectivity index (χ0v) is 9.08. The molecule has 0 amide bonds. The molecule has 0 fully saturated rings. The molecule has 1 aromatic rings. The van der Waals surface area contributed by atoms with Crippen molar-refractivity contribution in [1.29, 1.82) is 0 Å². The Bertz CT molecular complexity index is 273. The van der Waals surface area contributed by atoms with Crippen LogP contribution in [0.5, 0.6) is 0 Å². The van der Waals surface area contributed by atoms with Gasteiger partial charge in [-0.05, 0) is 30.5 Å². The number of hydrogen-bond donors (Lipinski definition) is 1. The predicted molar refractivity (Wildman–Crippen MR) is 59.2 cm³/mol. The van der Waals surface area contributed by atoms with Gasteiger partial charge in [-0.25, -0.2) is 4.39 Å². The fraction of sp³-hybridized carbons (Fsp3) is 0.500. The molecule has 0 aromatic heterocycles. The van der Waals surface area contributed by atoms with Crippen molar-refractivity contribution in [2.75, 3.05) is 13.2 Å². The van der Waals surface area contributed by atoms with Crippen molar-refractivity contribution >= 4 is 0 Å².